The van der Waals surface area contributed by atoms with Crippen LogP contribution < -0.4 is 0 Å². The van der Waals surface area contributed by atoms with Crippen LogP contribution in [0, 0.1) is 0 Å². The number of aromatic hydroxyl groups is 2. The molecule has 5 nitrogen and oxygen atoms in total. The maximum atomic E-state index is 11.1. The Morgan fingerprint density at radius 3 is 1.54 bits per heavy atom. The van der Waals surface area contributed by atoms with Gasteiger partial charge in [-0.15, -0.1) is 0 Å². The number of hydrogen-bond donors (Lipinski definition) is 3. The molecule has 0 saturated carbocycles. The van der Waals surface area contributed by atoms with Crippen LogP contribution in [0.2, 0.25) is 0 Å². The van der Waals surface area contributed by atoms with Gasteiger partial charge in [-0.2, -0.15) is 8.42 Å². The molecule has 0 unspecified atom stereocenters. The van der Waals surface area contributed by atoms with Gasteiger partial charge in [0.1, 0.15) is 16.4 Å². The number of benzene rings is 1. The number of unbranched alkanes of at least 4 members (excludes halogenated alkanes) is 13. The molecule has 0 aliphatic carbocycles. The van der Waals surface area contributed by atoms with Crippen LogP contribution in [0.15, 0.2) is 17.0 Å². The summed E-state index contributed by atoms with van der Waals surface area (Å²) in [7, 11) is -4.53. The third kappa shape index (κ3) is 10.3. The van der Waals surface area contributed by atoms with E-state index in [0.717, 1.165) is 25.3 Å². The van der Waals surface area contributed by atoms with Crippen LogP contribution in [0.3, 0.4) is 0 Å². The Bertz CT molecular complexity index is 655. The summed E-state index contributed by atoms with van der Waals surface area (Å²) in [5.41, 5.74) is 0.504. The second-order valence-electron chi connectivity index (χ2n) is 7.77. The zero-order valence-corrected chi connectivity index (χ0v) is 18.1. The predicted octanol–water partition coefficient (Wildman–Crippen LogP) is 6.37. The Kier molecular flexibility index (Phi) is 12.2. The van der Waals surface area contributed by atoms with E-state index < -0.39 is 20.8 Å². The Hall–Kier alpha value is -1.27. The molecule has 0 radical (unpaired) electrons. The van der Waals surface area contributed by atoms with Crippen molar-refractivity contribution >= 4 is 10.1 Å². The summed E-state index contributed by atoms with van der Waals surface area (Å²) < 4.78 is 31.2. The van der Waals surface area contributed by atoms with Crippen LogP contribution in [0.5, 0.6) is 11.5 Å². The average molecular weight is 415 g/mol. The molecule has 162 valence electrons. The van der Waals surface area contributed by atoms with E-state index in [-0.39, 0.29) is 5.75 Å². The minimum atomic E-state index is -4.53. The van der Waals surface area contributed by atoms with Crippen molar-refractivity contribution in [1.82, 2.24) is 0 Å². The molecule has 0 aliphatic rings. The first-order valence-electron chi connectivity index (χ1n) is 10.9. The second-order valence-corrected chi connectivity index (χ2v) is 9.16. The SMILES string of the molecule is CCCCCCCCCCCCCCCCc1cc(O)c(S(=O)(=O)O)cc1O. The highest BCUT2D eigenvalue weighted by atomic mass is 32.2. The molecule has 0 aromatic heterocycles. The summed E-state index contributed by atoms with van der Waals surface area (Å²) in [5, 5.41) is 19.6. The molecule has 0 spiro atoms. The van der Waals surface area contributed by atoms with Crippen molar-refractivity contribution in [3.05, 3.63) is 17.7 Å². The highest BCUT2D eigenvalue weighted by Gasteiger charge is 2.18. The van der Waals surface area contributed by atoms with E-state index in [1.807, 2.05) is 0 Å². The van der Waals surface area contributed by atoms with Gasteiger partial charge in [-0.25, -0.2) is 0 Å². The largest absolute Gasteiger partial charge is 0.508 e. The third-order valence-electron chi connectivity index (χ3n) is 5.24. The second kappa shape index (κ2) is 13.8. The minimum absolute atomic E-state index is 0.208. The lowest BCUT2D eigenvalue weighted by atomic mass is 10.0. The molecule has 0 atom stereocenters. The molecule has 0 amide bonds. The van der Waals surface area contributed by atoms with E-state index in [0.29, 0.717) is 12.0 Å². The Morgan fingerprint density at radius 1 is 0.679 bits per heavy atom. The van der Waals surface area contributed by atoms with Crippen LogP contribution >= 0.6 is 0 Å². The number of phenolic OH excluding ortho intramolecular Hbond substituents is 2. The number of hydrogen-bond acceptors (Lipinski definition) is 4. The van der Waals surface area contributed by atoms with Gasteiger partial charge in [0.05, 0.1) is 0 Å². The number of aryl methyl sites for hydroxylation is 1. The van der Waals surface area contributed by atoms with E-state index >= 15 is 0 Å². The van der Waals surface area contributed by atoms with Gasteiger partial charge in [-0.1, -0.05) is 90.4 Å². The maximum Gasteiger partial charge on any atom is 0.298 e. The minimum Gasteiger partial charge on any atom is -0.508 e. The fourth-order valence-corrected chi connectivity index (χ4v) is 4.10. The molecular weight excluding hydrogens is 376 g/mol. The highest BCUT2D eigenvalue weighted by Crippen LogP contribution is 2.31. The first-order valence-corrected chi connectivity index (χ1v) is 12.3. The zero-order valence-electron chi connectivity index (χ0n) is 17.3. The molecule has 0 heterocycles. The van der Waals surface area contributed by atoms with Crippen LogP contribution in [0.4, 0.5) is 0 Å². The molecule has 0 saturated heterocycles. The summed E-state index contributed by atoms with van der Waals surface area (Å²) in [6, 6.07) is 2.13. The average Bonchev–Trinajstić information content (AvgIpc) is 2.63. The van der Waals surface area contributed by atoms with E-state index in [2.05, 4.69) is 6.92 Å². The van der Waals surface area contributed by atoms with Gasteiger partial charge in [-0.3, -0.25) is 4.55 Å². The van der Waals surface area contributed by atoms with E-state index in [9.17, 15) is 18.6 Å². The van der Waals surface area contributed by atoms with E-state index in [1.54, 1.807) is 0 Å². The summed E-state index contributed by atoms with van der Waals surface area (Å²) in [5.74, 6) is -0.735. The van der Waals surface area contributed by atoms with Crippen molar-refractivity contribution in [3.8, 4) is 11.5 Å². The Labute approximate surface area is 170 Å². The van der Waals surface area contributed by atoms with Gasteiger partial charge < -0.3 is 10.2 Å². The quantitative estimate of drug-likeness (QED) is 0.166. The van der Waals surface area contributed by atoms with Crippen molar-refractivity contribution < 1.29 is 23.2 Å². The maximum absolute atomic E-state index is 11.1. The standard InChI is InChI=1S/C22H38O5S/c1-2-3-4-5-6-7-8-9-10-11-12-13-14-15-16-19-17-21(24)22(18-20(19)23)28(25,26)27/h17-18,23-24H,2-16H2,1H3,(H,25,26,27). The molecule has 28 heavy (non-hydrogen) atoms. The first kappa shape index (κ1) is 24.8. The molecule has 1 aromatic carbocycles. The summed E-state index contributed by atoms with van der Waals surface area (Å²) in [6.07, 6.45) is 18.3. The van der Waals surface area contributed by atoms with Gasteiger partial charge in [0.25, 0.3) is 10.1 Å². The third-order valence-corrected chi connectivity index (χ3v) is 6.12. The fourth-order valence-electron chi connectivity index (χ4n) is 3.52. The van der Waals surface area contributed by atoms with Crippen LogP contribution in [-0.4, -0.2) is 23.2 Å². The number of phenols is 2. The fraction of sp³-hybridized carbons (Fsp3) is 0.727. The molecule has 6 heteroatoms. The summed E-state index contributed by atoms with van der Waals surface area (Å²) in [6.45, 7) is 2.25. The lowest BCUT2D eigenvalue weighted by molar-refractivity contribution is 0.429. The molecule has 0 fully saturated rings. The van der Waals surface area contributed by atoms with Crippen LogP contribution in [0.1, 0.15) is 102 Å². The zero-order chi connectivity index (χ0) is 20.8. The Morgan fingerprint density at radius 2 is 1.11 bits per heavy atom. The monoisotopic (exact) mass is 414 g/mol. The van der Waals surface area contributed by atoms with Crippen molar-refractivity contribution in [2.45, 2.75) is 108 Å². The van der Waals surface area contributed by atoms with Gasteiger partial charge in [-0.05, 0) is 24.5 Å². The van der Waals surface area contributed by atoms with Crippen LogP contribution in [0.25, 0.3) is 0 Å². The highest BCUT2D eigenvalue weighted by molar-refractivity contribution is 7.86. The number of rotatable bonds is 16. The van der Waals surface area contributed by atoms with Gasteiger partial charge in [0, 0.05) is 6.07 Å². The van der Waals surface area contributed by atoms with Gasteiger partial charge >= 0.3 is 0 Å². The molecule has 0 bridgehead atoms. The molecular formula is C22H38O5S. The lowest BCUT2D eigenvalue weighted by Crippen LogP contribution is -1.99. The van der Waals surface area contributed by atoms with E-state index in [4.69, 9.17) is 4.55 Å². The van der Waals surface area contributed by atoms with Gasteiger partial charge in [0.15, 0.2) is 0 Å². The summed E-state index contributed by atoms with van der Waals surface area (Å²) in [4.78, 5) is -0.658. The molecule has 1 rings (SSSR count). The van der Waals surface area contributed by atoms with Crippen LogP contribution in [-0.2, 0) is 16.5 Å². The van der Waals surface area contributed by atoms with Gasteiger partial charge in [0.2, 0.25) is 0 Å². The van der Waals surface area contributed by atoms with E-state index in [1.165, 1.54) is 76.7 Å². The lowest BCUT2D eigenvalue weighted by Gasteiger charge is -2.08. The topological polar surface area (TPSA) is 94.8 Å². The normalized spacial score (nSPS) is 11.8. The molecule has 0 aliphatic heterocycles. The summed E-state index contributed by atoms with van der Waals surface area (Å²) >= 11 is 0. The molecule has 3 N–H and O–H groups in total. The first-order chi connectivity index (χ1) is 13.4. The van der Waals surface area contributed by atoms with Crippen molar-refractivity contribution in [2.24, 2.45) is 0 Å². The van der Waals surface area contributed by atoms with Crippen molar-refractivity contribution in [3.63, 3.8) is 0 Å². The Balaban J connectivity index is 2.07. The smallest absolute Gasteiger partial charge is 0.298 e. The predicted molar refractivity (Wildman–Crippen MR) is 114 cm³/mol. The van der Waals surface area contributed by atoms with Crippen molar-refractivity contribution in [1.29, 1.82) is 0 Å². The molecule has 1 aromatic rings. The van der Waals surface area contributed by atoms with Crippen molar-refractivity contribution in [2.75, 3.05) is 0 Å².